The van der Waals surface area contributed by atoms with Crippen molar-refractivity contribution in [3.05, 3.63) is 0 Å². The fourth-order valence-corrected chi connectivity index (χ4v) is 2.33. The van der Waals surface area contributed by atoms with E-state index in [0.29, 0.717) is 6.54 Å². The molecule has 0 aliphatic carbocycles. The molecule has 1 unspecified atom stereocenters. The molecule has 17 heavy (non-hydrogen) atoms. The van der Waals surface area contributed by atoms with Crippen molar-refractivity contribution >= 4 is 11.8 Å². The third-order valence-electron chi connectivity index (χ3n) is 3.22. The van der Waals surface area contributed by atoms with Crippen LogP contribution in [-0.4, -0.2) is 48.4 Å². The normalized spacial score (nSPS) is 20.5. The van der Waals surface area contributed by atoms with Crippen molar-refractivity contribution in [3.8, 4) is 0 Å². The maximum absolute atomic E-state index is 12.4. The number of likely N-dealkylation sites (tertiary alicyclic amines) is 1. The summed E-state index contributed by atoms with van der Waals surface area (Å²) < 4.78 is 0. The van der Waals surface area contributed by atoms with Crippen LogP contribution in [0.5, 0.6) is 0 Å². The van der Waals surface area contributed by atoms with E-state index in [4.69, 9.17) is 0 Å². The van der Waals surface area contributed by atoms with E-state index in [0.717, 1.165) is 19.4 Å². The van der Waals surface area contributed by atoms with Crippen LogP contribution in [0.25, 0.3) is 0 Å². The molecule has 5 nitrogen and oxygen atoms in total. The second-order valence-corrected chi connectivity index (χ2v) is 4.93. The van der Waals surface area contributed by atoms with Gasteiger partial charge in [-0.05, 0) is 33.2 Å². The van der Waals surface area contributed by atoms with Crippen molar-refractivity contribution in [1.29, 1.82) is 0 Å². The van der Waals surface area contributed by atoms with Gasteiger partial charge in [-0.3, -0.25) is 9.59 Å². The van der Waals surface area contributed by atoms with Gasteiger partial charge in [0.15, 0.2) is 0 Å². The Morgan fingerprint density at radius 3 is 2.59 bits per heavy atom. The van der Waals surface area contributed by atoms with Gasteiger partial charge in [-0.15, -0.1) is 0 Å². The molecule has 1 saturated heterocycles. The average molecular weight is 241 g/mol. The monoisotopic (exact) mass is 241 g/mol. The largest absolute Gasteiger partial charge is 0.357 e. The minimum Gasteiger partial charge on any atom is -0.357 e. The minimum atomic E-state index is -0.606. The molecule has 0 saturated carbocycles. The molecule has 98 valence electrons. The fourth-order valence-electron chi connectivity index (χ4n) is 2.33. The predicted octanol–water partition coefficient (Wildman–Crippen LogP) is 0.112. The zero-order valence-electron chi connectivity index (χ0n) is 11.2. The van der Waals surface area contributed by atoms with Gasteiger partial charge < -0.3 is 15.5 Å². The first-order valence-corrected chi connectivity index (χ1v) is 6.21. The smallest absolute Gasteiger partial charge is 0.242 e. The first-order chi connectivity index (χ1) is 7.94. The van der Waals surface area contributed by atoms with E-state index in [1.165, 1.54) is 0 Å². The van der Waals surface area contributed by atoms with Gasteiger partial charge in [0.2, 0.25) is 11.8 Å². The fraction of sp³-hybridized carbons (Fsp3) is 0.833. The number of nitrogens with zero attached hydrogens (tertiary/aromatic N) is 1. The van der Waals surface area contributed by atoms with Gasteiger partial charge in [0.25, 0.3) is 0 Å². The molecule has 0 bridgehead atoms. The Balaban J connectivity index is 2.77. The van der Waals surface area contributed by atoms with Crippen LogP contribution in [0.2, 0.25) is 0 Å². The van der Waals surface area contributed by atoms with Crippen molar-refractivity contribution < 1.29 is 9.59 Å². The van der Waals surface area contributed by atoms with Gasteiger partial charge in [0, 0.05) is 13.6 Å². The van der Waals surface area contributed by atoms with Crippen molar-refractivity contribution in [2.75, 3.05) is 20.1 Å². The second-order valence-electron chi connectivity index (χ2n) is 4.93. The molecule has 0 aromatic carbocycles. The lowest BCUT2D eigenvalue weighted by molar-refractivity contribution is -0.142. The molecular formula is C12H23N3O2. The first kappa shape index (κ1) is 14.0. The van der Waals surface area contributed by atoms with Crippen molar-refractivity contribution in [1.82, 2.24) is 15.5 Å². The van der Waals surface area contributed by atoms with Gasteiger partial charge in [0.1, 0.15) is 6.04 Å². The molecule has 2 amide bonds. The minimum absolute atomic E-state index is 0.00505. The van der Waals surface area contributed by atoms with Crippen molar-refractivity contribution in [2.24, 2.45) is 0 Å². The SMILES string of the molecule is CCNC(C)(C)C(=O)N1CCCC1C(=O)NC. The van der Waals surface area contributed by atoms with Crippen LogP contribution in [0.4, 0.5) is 0 Å². The summed E-state index contributed by atoms with van der Waals surface area (Å²) in [6, 6.07) is -0.301. The van der Waals surface area contributed by atoms with E-state index in [9.17, 15) is 9.59 Å². The lowest BCUT2D eigenvalue weighted by Gasteiger charge is -2.32. The summed E-state index contributed by atoms with van der Waals surface area (Å²) in [7, 11) is 1.61. The van der Waals surface area contributed by atoms with Gasteiger partial charge >= 0.3 is 0 Å². The summed E-state index contributed by atoms with van der Waals surface area (Å²) in [6.07, 6.45) is 1.65. The van der Waals surface area contributed by atoms with Crippen LogP contribution < -0.4 is 10.6 Å². The zero-order valence-corrected chi connectivity index (χ0v) is 11.2. The zero-order chi connectivity index (χ0) is 13.1. The van der Waals surface area contributed by atoms with Crippen molar-refractivity contribution in [3.63, 3.8) is 0 Å². The quantitative estimate of drug-likeness (QED) is 0.734. The number of carbonyl (C=O) groups excluding carboxylic acids is 2. The standard InChI is InChI=1S/C12H23N3O2/c1-5-14-12(2,3)11(17)15-8-6-7-9(15)10(16)13-4/h9,14H,5-8H2,1-4H3,(H,13,16). The van der Waals surface area contributed by atoms with Crippen LogP contribution in [0.1, 0.15) is 33.6 Å². The number of nitrogens with one attached hydrogen (secondary N) is 2. The third kappa shape index (κ3) is 2.97. The summed E-state index contributed by atoms with van der Waals surface area (Å²) in [6.45, 7) is 7.09. The lowest BCUT2D eigenvalue weighted by atomic mass is 10.0. The highest BCUT2D eigenvalue weighted by Crippen LogP contribution is 2.21. The Morgan fingerprint density at radius 1 is 1.41 bits per heavy atom. The van der Waals surface area contributed by atoms with E-state index in [1.54, 1.807) is 11.9 Å². The molecule has 1 fully saturated rings. The second kappa shape index (κ2) is 5.49. The molecule has 1 aliphatic heterocycles. The summed E-state index contributed by atoms with van der Waals surface area (Å²) in [5.74, 6) is -0.0615. The molecule has 1 heterocycles. The van der Waals surface area contributed by atoms with Gasteiger partial charge in [-0.2, -0.15) is 0 Å². The molecular weight excluding hydrogens is 218 g/mol. The Bertz CT molecular complexity index is 302. The number of amides is 2. The first-order valence-electron chi connectivity index (χ1n) is 6.21. The number of hydrogen-bond donors (Lipinski definition) is 2. The summed E-state index contributed by atoms with van der Waals surface area (Å²) in [5, 5.41) is 5.78. The van der Waals surface area contributed by atoms with Crippen LogP contribution in [0.3, 0.4) is 0 Å². The highest BCUT2D eigenvalue weighted by Gasteiger charge is 2.39. The molecule has 1 rings (SSSR count). The highest BCUT2D eigenvalue weighted by molar-refractivity contribution is 5.92. The molecule has 0 spiro atoms. The van der Waals surface area contributed by atoms with Crippen molar-refractivity contribution in [2.45, 2.75) is 45.2 Å². The topological polar surface area (TPSA) is 61.4 Å². The molecule has 2 N–H and O–H groups in total. The number of hydrogen-bond acceptors (Lipinski definition) is 3. The predicted molar refractivity (Wildman–Crippen MR) is 66.6 cm³/mol. The maximum atomic E-state index is 12.4. The number of likely N-dealkylation sites (N-methyl/N-ethyl adjacent to an activating group) is 2. The number of carbonyl (C=O) groups is 2. The van der Waals surface area contributed by atoms with E-state index < -0.39 is 5.54 Å². The Labute approximate surface area is 103 Å². The Hall–Kier alpha value is -1.10. The molecule has 1 aliphatic rings. The lowest BCUT2D eigenvalue weighted by Crippen LogP contribution is -2.57. The molecule has 1 atom stereocenters. The number of rotatable bonds is 4. The van der Waals surface area contributed by atoms with E-state index >= 15 is 0 Å². The van der Waals surface area contributed by atoms with Crippen LogP contribution in [-0.2, 0) is 9.59 Å². The summed E-state index contributed by atoms with van der Waals surface area (Å²) in [5.41, 5.74) is -0.606. The van der Waals surface area contributed by atoms with E-state index in [1.807, 2.05) is 20.8 Å². The highest BCUT2D eigenvalue weighted by atomic mass is 16.2. The summed E-state index contributed by atoms with van der Waals surface area (Å²) >= 11 is 0. The van der Waals surface area contributed by atoms with Gasteiger partial charge in [0.05, 0.1) is 5.54 Å². The van der Waals surface area contributed by atoms with Gasteiger partial charge in [-0.25, -0.2) is 0 Å². The molecule has 5 heteroatoms. The Morgan fingerprint density at radius 2 is 2.06 bits per heavy atom. The van der Waals surface area contributed by atoms with E-state index in [2.05, 4.69) is 10.6 Å². The molecule has 0 radical (unpaired) electrons. The van der Waals surface area contributed by atoms with Crippen LogP contribution >= 0.6 is 0 Å². The van der Waals surface area contributed by atoms with E-state index in [-0.39, 0.29) is 17.9 Å². The third-order valence-corrected chi connectivity index (χ3v) is 3.22. The summed E-state index contributed by atoms with van der Waals surface area (Å²) in [4.78, 5) is 25.8. The molecule has 0 aromatic rings. The molecule has 0 aromatic heterocycles. The maximum Gasteiger partial charge on any atom is 0.242 e. The average Bonchev–Trinajstić information content (AvgIpc) is 2.75. The van der Waals surface area contributed by atoms with Crippen LogP contribution in [0.15, 0.2) is 0 Å². The Kier molecular flexibility index (Phi) is 4.51. The van der Waals surface area contributed by atoms with Crippen LogP contribution in [0, 0.1) is 0 Å². The van der Waals surface area contributed by atoms with Gasteiger partial charge in [-0.1, -0.05) is 6.92 Å².